The molecule has 1 aromatic carbocycles. The molecular weight excluding hydrogens is 314 g/mol. The zero-order valence-corrected chi connectivity index (χ0v) is 15.5. The van der Waals surface area contributed by atoms with Crippen LogP contribution < -0.4 is 10.6 Å². The van der Waals surface area contributed by atoms with Gasteiger partial charge in [0.05, 0.1) is 13.2 Å². The van der Waals surface area contributed by atoms with E-state index in [1.165, 1.54) is 5.56 Å². The average Bonchev–Trinajstić information content (AvgIpc) is 3.16. The Morgan fingerprint density at radius 2 is 2.12 bits per heavy atom. The lowest BCUT2D eigenvalue weighted by molar-refractivity contribution is 0.0888. The first-order valence-corrected chi connectivity index (χ1v) is 9.60. The lowest BCUT2D eigenvalue weighted by Crippen LogP contribution is -2.38. The van der Waals surface area contributed by atoms with E-state index in [0.717, 1.165) is 77.7 Å². The molecule has 1 atom stereocenters. The fourth-order valence-electron chi connectivity index (χ4n) is 2.81. The summed E-state index contributed by atoms with van der Waals surface area (Å²) in [6, 6.07) is 10.6. The summed E-state index contributed by atoms with van der Waals surface area (Å²) in [6.07, 6.45) is 4.26. The van der Waals surface area contributed by atoms with Gasteiger partial charge in [0.2, 0.25) is 0 Å². The van der Waals surface area contributed by atoms with Crippen LogP contribution in [0.2, 0.25) is 0 Å². The number of hydrogen-bond donors (Lipinski definition) is 2. The molecule has 1 aliphatic rings. The van der Waals surface area contributed by atoms with Crippen molar-refractivity contribution in [3.63, 3.8) is 0 Å². The lowest BCUT2D eigenvalue weighted by Gasteiger charge is -2.12. The van der Waals surface area contributed by atoms with Crippen LogP contribution in [-0.4, -0.2) is 52.0 Å². The lowest BCUT2D eigenvalue weighted by atomic mass is 10.1. The highest BCUT2D eigenvalue weighted by atomic mass is 16.5. The highest BCUT2D eigenvalue weighted by Gasteiger charge is 2.15. The second kappa shape index (κ2) is 12.7. The highest BCUT2D eigenvalue weighted by Crippen LogP contribution is 2.12. The summed E-state index contributed by atoms with van der Waals surface area (Å²) in [6.45, 7) is 8.05. The smallest absolute Gasteiger partial charge is 0.191 e. The van der Waals surface area contributed by atoms with Gasteiger partial charge in [0, 0.05) is 38.8 Å². The highest BCUT2D eigenvalue weighted by molar-refractivity contribution is 5.79. The van der Waals surface area contributed by atoms with E-state index in [-0.39, 0.29) is 0 Å². The van der Waals surface area contributed by atoms with Crippen molar-refractivity contribution in [1.29, 1.82) is 0 Å². The molecule has 1 aliphatic heterocycles. The minimum Gasteiger partial charge on any atom is -0.381 e. The number of nitrogens with zero attached hydrogens (tertiary/aromatic N) is 1. The molecule has 5 nitrogen and oxygen atoms in total. The molecule has 5 heteroatoms. The van der Waals surface area contributed by atoms with Crippen LogP contribution in [0.3, 0.4) is 0 Å². The molecular formula is C20H33N3O2. The summed E-state index contributed by atoms with van der Waals surface area (Å²) in [5.41, 5.74) is 1.38. The third-order valence-corrected chi connectivity index (χ3v) is 4.22. The predicted octanol–water partition coefficient (Wildman–Crippen LogP) is 2.62. The molecule has 1 fully saturated rings. The normalized spacial score (nSPS) is 17.6. The Morgan fingerprint density at radius 1 is 1.24 bits per heavy atom. The van der Waals surface area contributed by atoms with Gasteiger partial charge in [0.25, 0.3) is 0 Å². The number of nitrogens with one attached hydrogen (secondary N) is 2. The van der Waals surface area contributed by atoms with Crippen molar-refractivity contribution in [2.75, 3.05) is 46.1 Å². The van der Waals surface area contributed by atoms with Crippen LogP contribution in [0, 0.1) is 5.92 Å². The molecule has 0 amide bonds. The largest absolute Gasteiger partial charge is 0.381 e. The first-order chi connectivity index (χ1) is 12.4. The summed E-state index contributed by atoms with van der Waals surface area (Å²) >= 11 is 0. The van der Waals surface area contributed by atoms with E-state index < -0.39 is 0 Å². The summed E-state index contributed by atoms with van der Waals surface area (Å²) in [7, 11) is 0. The number of ether oxygens (including phenoxy) is 2. The summed E-state index contributed by atoms with van der Waals surface area (Å²) < 4.78 is 11.1. The van der Waals surface area contributed by atoms with Gasteiger partial charge in [0.15, 0.2) is 5.96 Å². The van der Waals surface area contributed by atoms with Crippen LogP contribution in [0.15, 0.2) is 35.3 Å². The summed E-state index contributed by atoms with van der Waals surface area (Å²) in [5, 5.41) is 6.68. The molecule has 140 valence electrons. The van der Waals surface area contributed by atoms with E-state index in [1.807, 2.05) is 0 Å². The van der Waals surface area contributed by atoms with E-state index >= 15 is 0 Å². The molecule has 25 heavy (non-hydrogen) atoms. The standard InChI is InChI=1S/C20H33N3O2/c1-2-21-20(22-12-6-10-18-8-4-3-5-9-18)23-13-7-14-24-16-19-11-15-25-17-19/h3-5,8-9,19H,2,6-7,10-17H2,1H3,(H2,21,22,23). The van der Waals surface area contributed by atoms with E-state index in [2.05, 4.69) is 52.9 Å². The number of rotatable bonds is 11. The molecule has 0 radical (unpaired) electrons. The molecule has 2 N–H and O–H groups in total. The van der Waals surface area contributed by atoms with Gasteiger partial charge in [-0.3, -0.25) is 4.99 Å². The van der Waals surface area contributed by atoms with Gasteiger partial charge in [-0.1, -0.05) is 30.3 Å². The zero-order valence-electron chi connectivity index (χ0n) is 15.5. The van der Waals surface area contributed by atoms with Crippen molar-refractivity contribution in [1.82, 2.24) is 10.6 Å². The number of aryl methyl sites for hydroxylation is 1. The number of aliphatic imine (C=N–C) groups is 1. The van der Waals surface area contributed by atoms with E-state index in [4.69, 9.17) is 9.47 Å². The molecule has 2 rings (SSSR count). The van der Waals surface area contributed by atoms with Gasteiger partial charge >= 0.3 is 0 Å². The molecule has 0 aromatic heterocycles. The Balaban J connectivity index is 1.53. The SMILES string of the molecule is CCNC(=NCCCc1ccccc1)NCCCOCC1CCOC1. The van der Waals surface area contributed by atoms with Gasteiger partial charge in [-0.25, -0.2) is 0 Å². The summed E-state index contributed by atoms with van der Waals surface area (Å²) in [5.74, 6) is 1.50. The topological polar surface area (TPSA) is 54.9 Å². The second-order valence-electron chi connectivity index (χ2n) is 6.43. The van der Waals surface area contributed by atoms with Crippen molar-refractivity contribution >= 4 is 5.96 Å². The fourth-order valence-corrected chi connectivity index (χ4v) is 2.81. The van der Waals surface area contributed by atoms with Gasteiger partial charge in [-0.15, -0.1) is 0 Å². The minimum absolute atomic E-state index is 0.594. The van der Waals surface area contributed by atoms with Crippen LogP contribution in [0.1, 0.15) is 31.7 Å². The minimum atomic E-state index is 0.594. The first-order valence-electron chi connectivity index (χ1n) is 9.60. The molecule has 0 aliphatic carbocycles. The quantitative estimate of drug-likeness (QED) is 0.367. The molecule has 1 aromatic rings. The molecule has 0 spiro atoms. The van der Waals surface area contributed by atoms with E-state index in [1.54, 1.807) is 0 Å². The molecule has 1 unspecified atom stereocenters. The third kappa shape index (κ3) is 8.89. The molecule has 1 heterocycles. The number of benzene rings is 1. The Hall–Kier alpha value is -1.59. The first kappa shape index (κ1) is 19.7. The van der Waals surface area contributed by atoms with Gasteiger partial charge in [-0.2, -0.15) is 0 Å². The zero-order chi connectivity index (χ0) is 17.6. The Morgan fingerprint density at radius 3 is 2.88 bits per heavy atom. The number of guanidine groups is 1. The Bertz CT molecular complexity index is 473. The molecule has 0 saturated carbocycles. The van der Waals surface area contributed by atoms with Crippen molar-refractivity contribution in [2.24, 2.45) is 10.9 Å². The van der Waals surface area contributed by atoms with Crippen molar-refractivity contribution in [3.05, 3.63) is 35.9 Å². The van der Waals surface area contributed by atoms with Gasteiger partial charge < -0.3 is 20.1 Å². The van der Waals surface area contributed by atoms with Crippen LogP contribution in [0.5, 0.6) is 0 Å². The van der Waals surface area contributed by atoms with Crippen molar-refractivity contribution < 1.29 is 9.47 Å². The van der Waals surface area contributed by atoms with Crippen LogP contribution in [-0.2, 0) is 15.9 Å². The maximum absolute atomic E-state index is 5.73. The maximum atomic E-state index is 5.73. The Labute approximate surface area is 152 Å². The summed E-state index contributed by atoms with van der Waals surface area (Å²) in [4.78, 5) is 4.65. The fraction of sp³-hybridized carbons (Fsp3) is 0.650. The van der Waals surface area contributed by atoms with Crippen molar-refractivity contribution in [3.8, 4) is 0 Å². The third-order valence-electron chi connectivity index (χ3n) is 4.22. The van der Waals surface area contributed by atoms with Gasteiger partial charge in [0.1, 0.15) is 0 Å². The second-order valence-corrected chi connectivity index (χ2v) is 6.43. The maximum Gasteiger partial charge on any atom is 0.191 e. The average molecular weight is 348 g/mol. The monoisotopic (exact) mass is 347 g/mol. The van der Waals surface area contributed by atoms with Crippen LogP contribution >= 0.6 is 0 Å². The van der Waals surface area contributed by atoms with Gasteiger partial charge in [-0.05, 0) is 38.2 Å². The van der Waals surface area contributed by atoms with Crippen LogP contribution in [0.25, 0.3) is 0 Å². The Kier molecular flexibility index (Phi) is 10.0. The predicted molar refractivity (Wildman–Crippen MR) is 103 cm³/mol. The molecule has 0 bridgehead atoms. The number of hydrogen-bond acceptors (Lipinski definition) is 3. The van der Waals surface area contributed by atoms with Crippen LogP contribution in [0.4, 0.5) is 0 Å². The van der Waals surface area contributed by atoms with E-state index in [0.29, 0.717) is 5.92 Å². The molecule has 1 saturated heterocycles. The van der Waals surface area contributed by atoms with E-state index in [9.17, 15) is 0 Å². The van der Waals surface area contributed by atoms with Crippen molar-refractivity contribution in [2.45, 2.75) is 32.6 Å².